The van der Waals surface area contributed by atoms with Crippen LogP contribution in [0.4, 0.5) is 13.2 Å². The quantitative estimate of drug-likeness (QED) is 0.316. The van der Waals surface area contributed by atoms with Gasteiger partial charge in [0.2, 0.25) is 0 Å². The number of rotatable bonds is 4. The van der Waals surface area contributed by atoms with Gasteiger partial charge in [-0.25, -0.2) is 14.6 Å². The van der Waals surface area contributed by atoms with Crippen LogP contribution < -0.4 is 5.73 Å². The topological polar surface area (TPSA) is 115 Å². The van der Waals surface area contributed by atoms with Crippen molar-refractivity contribution in [3.63, 3.8) is 0 Å². The number of alkyl halides is 3. The molecule has 1 aromatic carbocycles. The summed E-state index contributed by atoms with van der Waals surface area (Å²) in [5.74, 6) is 0.254. The number of benzene rings is 1. The average molecular weight is 363 g/mol. The SMILES string of the molecule is N/C(=N\O)c1cnc(Cc2ncn(-c3ccc(C(F)(F)F)cc3)n2)cn1. The fraction of sp³-hybridized carbons (Fsp3) is 0.133. The lowest BCUT2D eigenvalue weighted by atomic mass is 10.2. The predicted octanol–water partition coefficient (Wildman–Crippen LogP) is 1.76. The van der Waals surface area contributed by atoms with Gasteiger partial charge in [0.25, 0.3) is 0 Å². The lowest BCUT2D eigenvalue weighted by Crippen LogP contribution is -2.15. The Bertz CT molecular complexity index is 918. The number of aromatic nitrogens is 5. The number of oxime groups is 1. The van der Waals surface area contributed by atoms with Crippen LogP contribution in [0.3, 0.4) is 0 Å². The molecule has 2 heterocycles. The van der Waals surface area contributed by atoms with Crippen molar-refractivity contribution in [2.75, 3.05) is 0 Å². The van der Waals surface area contributed by atoms with E-state index in [1.54, 1.807) is 0 Å². The van der Waals surface area contributed by atoms with Crippen LogP contribution in [0.5, 0.6) is 0 Å². The van der Waals surface area contributed by atoms with Gasteiger partial charge in [-0.2, -0.15) is 18.3 Å². The molecule has 11 heteroatoms. The van der Waals surface area contributed by atoms with Gasteiger partial charge in [0, 0.05) is 6.20 Å². The van der Waals surface area contributed by atoms with Gasteiger partial charge < -0.3 is 10.9 Å². The van der Waals surface area contributed by atoms with E-state index in [2.05, 4.69) is 25.2 Å². The zero-order chi connectivity index (χ0) is 18.7. The zero-order valence-corrected chi connectivity index (χ0v) is 13.1. The molecule has 0 spiro atoms. The van der Waals surface area contributed by atoms with Gasteiger partial charge in [0.1, 0.15) is 12.0 Å². The highest BCUT2D eigenvalue weighted by molar-refractivity contribution is 5.94. The van der Waals surface area contributed by atoms with Crippen LogP contribution in [0, 0.1) is 0 Å². The first kappa shape index (κ1) is 17.3. The van der Waals surface area contributed by atoms with Gasteiger partial charge in [0.15, 0.2) is 11.7 Å². The van der Waals surface area contributed by atoms with E-state index < -0.39 is 11.7 Å². The van der Waals surface area contributed by atoms with Crippen molar-refractivity contribution in [2.45, 2.75) is 12.6 Å². The molecule has 134 valence electrons. The molecule has 26 heavy (non-hydrogen) atoms. The largest absolute Gasteiger partial charge is 0.416 e. The summed E-state index contributed by atoms with van der Waals surface area (Å²) in [4.78, 5) is 12.2. The minimum Gasteiger partial charge on any atom is -0.409 e. The molecule has 0 aliphatic carbocycles. The van der Waals surface area contributed by atoms with Gasteiger partial charge in [0.05, 0.1) is 29.6 Å². The van der Waals surface area contributed by atoms with E-state index >= 15 is 0 Å². The van der Waals surface area contributed by atoms with Gasteiger partial charge in [-0.15, -0.1) is 0 Å². The summed E-state index contributed by atoms with van der Waals surface area (Å²) < 4.78 is 39.1. The molecule has 0 atom stereocenters. The van der Waals surface area contributed by atoms with Crippen molar-refractivity contribution in [1.82, 2.24) is 24.7 Å². The fourth-order valence-electron chi connectivity index (χ4n) is 2.10. The Morgan fingerprint density at radius 1 is 1.12 bits per heavy atom. The molecular formula is C15H12F3N7O. The minimum absolute atomic E-state index is 0.159. The second-order valence-electron chi connectivity index (χ2n) is 5.20. The van der Waals surface area contributed by atoms with E-state index in [-0.39, 0.29) is 18.0 Å². The molecule has 0 radical (unpaired) electrons. The van der Waals surface area contributed by atoms with Crippen molar-refractivity contribution in [2.24, 2.45) is 10.9 Å². The van der Waals surface area contributed by atoms with Crippen LogP contribution in [0.25, 0.3) is 5.69 Å². The van der Waals surface area contributed by atoms with Crippen LogP contribution in [0.2, 0.25) is 0 Å². The van der Waals surface area contributed by atoms with Gasteiger partial charge in [-0.1, -0.05) is 5.16 Å². The first-order valence-electron chi connectivity index (χ1n) is 7.24. The normalized spacial score (nSPS) is 12.3. The van der Waals surface area contributed by atoms with Crippen LogP contribution in [0.15, 0.2) is 48.1 Å². The third-order valence-electron chi connectivity index (χ3n) is 3.41. The lowest BCUT2D eigenvalue weighted by molar-refractivity contribution is -0.137. The Labute approximate surface area is 144 Å². The molecule has 0 saturated carbocycles. The number of amidine groups is 1. The summed E-state index contributed by atoms with van der Waals surface area (Å²) in [6.07, 6.45) is 0.0533. The summed E-state index contributed by atoms with van der Waals surface area (Å²) >= 11 is 0. The molecule has 2 aromatic heterocycles. The van der Waals surface area contributed by atoms with Crippen LogP contribution >= 0.6 is 0 Å². The van der Waals surface area contributed by atoms with E-state index in [1.807, 2.05) is 0 Å². The summed E-state index contributed by atoms with van der Waals surface area (Å²) in [6.45, 7) is 0. The van der Waals surface area contributed by atoms with Crippen molar-refractivity contribution in [3.05, 3.63) is 65.8 Å². The maximum Gasteiger partial charge on any atom is 0.416 e. The molecular weight excluding hydrogens is 351 g/mol. The smallest absolute Gasteiger partial charge is 0.409 e. The van der Waals surface area contributed by atoms with E-state index in [1.165, 1.54) is 35.5 Å². The molecule has 3 aromatic rings. The van der Waals surface area contributed by atoms with Crippen molar-refractivity contribution < 1.29 is 18.4 Å². The highest BCUT2D eigenvalue weighted by atomic mass is 19.4. The third-order valence-corrected chi connectivity index (χ3v) is 3.41. The molecule has 3 rings (SSSR count). The van der Waals surface area contributed by atoms with Gasteiger partial charge in [-0.3, -0.25) is 4.98 Å². The Balaban J connectivity index is 1.74. The highest BCUT2D eigenvalue weighted by Gasteiger charge is 2.30. The molecule has 3 N–H and O–H groups in total. The monoisotopic (exact) mass is 363 g/mol. The van der Waals surface area contributed by atoms with Crippen molar-refractivity contribution >= 4 is 5.84 Å². The summed E-state index contributed by atoms with van der Waals surface area (Å²) in [6, 6.07) is 4.59. The molecule has 0 saturated heterocycles. The van der Waals surface area contributed by atoms with E-state index in [0.717, 1.165) is 12.1 Å². The van der Waals surface area contributed by atoms with E-state index in [0.29, 0.717) is 17.2 Å². The Morgan fingerprint density at radius 2 is 1.85 bits per heavy atom. The van der Waals surface area contributed by atoms with Gasteiger partial charge in [-0.05, 0) is 24.3 Å². The summed E-state index contributed by atoms with van der Waals surface area (Å²) in [5.41, 5.74) is 5.88. The maximum atomic E-state index is 12.6. The summed E-state index contributed by atoms with van der Waals surface area (Å²) in [5, 5.41) is 15.6. The van der Waals surface area contributed by atoms with Crippen molar-refractivity contribution in [3.8, 4) is 5.69 Å². The van der Waals surface area contributed by atoms with Crippen molar-refractivity contribution in [1.29, 1.82) is 0 Å². The molecule has 0 aliphatic heterocycles. The molecule has 0 aliphatic rings. The zero-order valence-electron chi connectivity index (χ0n) is 13.1. The number of halogens is 3. The molecule has 0 unspecified atom stereocenters. The number of hydrogen-bond acceptors (Lipinski definition) is 6. The third kappa shape index (κ3) is 3.77. The highest BCUT2D eigenvalue weighted by Crippen LogP contribution is 2.29. The molecule has 8 nitrogen and oxygen atoms in total. The fourth-order valence-corrected chi connectivity index (χ4v) is 2.10. The Kier molecular flexibility index (Phi) is 4.52. The van der Waals surface area contributed by atoms with Crippen LogP contribution in [0.1, 0.15) is 22.8 Å². The summed E-state index contributed by atoms with van der Waals surface area (Å²) in [7, 11) is 0. The number of nitrogens with zero attached hydrogens (tertiary/aromatic N) is 6. The number of hydrogen-bond donors (Lipinski definition) is 2. The van der Waals surface area contributed by atoms with Gasteiger partial charge >= 0.3 is 6.18 Å². The van der Waals surface area contributed by atoms with Crippen LogP contribution in [-0.4, -0.2) is 35.8 Å². The molecule has 0 bridgehead atoms. The average Bonchev–Trinajstić information content (AvgIpc) is 3.09. The standard InChI is InChI=1S/C15H12F3N7O/c16-15(17,18)9-1-3-11(4-2-9)25-8-22-13(23-25)5-10-6-21-12(7-20-10)14(19)24-26/h1-4,6-8,26H,5H2,(H2,19,24). The van der Waals surface area contributed by atoms with E-state index in [9.17, 15) is 13.2 Å². The second kappa shape index (κ2) is 6.78. The molecule has 0 amide bonds. The number of nitrogens with two attached hydrogens (primary N) is 1. The Hall–Kier alpha value is -3.50. The molecule has 0 fully saturated rings. The maximum absolute atomic E-state index is 12.6. The van der Waals surface area contributed by atoms with E-state index in [4.69, 9.17) is 10.9 Å². The Morgan fingerprint density at radius 3 is 2.42 bits per heavy atom. The van der Waals surface area contributed by atoms with Crippen LogP contribution in [-0.2, 0) is 12.6 Å². The second-order valence-corrected chi connectivity index (χ2v) is 5.20. The lowest BCUT2D eigenvalue weighted by Gasteiger charge is -2.07. The first-order chi connectivity index (χ1) is 12.4. The predicted molar refractivity (Wildman–Crippen MR) is 83.7 cm³/mol. The first-order valence-corrected chi connectivity index (χ1v) is 7.24. The minimum atomic E-state index is -4.39.